The number of esters is 1. The molecule has 0 fully saturated rings. The molecule has 1 amide bonds. The first-order valence-corrected chi connectivity index (χ1v) is 14.7. The van der Waals surface area contributed by atoms with Gasteiger partial charge in [0.05, 0.1) is 5.92 Å². The Morgan fingerprint density at radius 1 is 0.750 bits per heavy atom. The molecule has 0 bridgehead atoms. The summed E-state index contributed by atoms with van der Waals surface area (Å²) in [5.41, 5.74) is 5.83. The normalized spacial score (nSPS) is 12.2. The van der Waals surface area contributed by atoms with E-state index in [1.807, 2.05) is 109 Å². The zero-order chi connectivity index (χ0) is 30.7. The number of nitrogens with zero attached hydrogens (tertiary/aromatic N) is 2. The number of allylic oxidation sites excluding steroid dienone is 1. The Morgan fingerprint density at radius 2 is 1.30 bits per heavy atom. The predicted molar refractivity (Wildman–Crippen MR) is 173 cm³/mol. The number of aliphatic hydroxyl groups excluding tert-OH is 1. The summed E-state index contributed by atoms with van der Waals surface area (Å²) in [5, 5.41) is 10.3. The lowest BCUT2D eigenvalue weighted by atomic mass is 9.94. The third kappa shape index (κ3) is 7.41. The van der Waals surface area contributed by atoms with Crippen molar-refractivity contribution in [3.63, 3.8) is 0 Å². The zero-order valence-electron chi connectivity index (χ0n) is 24.5. The van der Waals surface area contributed by atoms with Crippen molar-refractivity contribution in [3.05, 3.63) is 158 Å². The van der Waals surface area contributed by atoms with Gasteiger partial charge in [-0.05, 0) is 45.9 Å². The largest absolute Gasteiger partial charge is 0.461 e. The van der Waals surface area contributed by atoms with Crippen molar-refractivity contribution < 1.29 is 19.4 Å². The van der Waals surface area contributed by atoms with Crippen LogP contribution in [0, 0.1) is 5.92 Å². The van der Waals surface area contributed by atoms with Crippen LogP contribution >= 0.6 is 0 Å². The molecule has 1 heterocycles. The molecule has 0 aliphatic heterocycles. The molecular weight excluding hydrogens is 548 g/mol. The first-order chi connectivity index (χ1) is 21.6. The van der Waals surface area contributed by atoms with Crippen LogP contribution in [-0.4, -0.2) is 33.2 Å². The lowest BCUT2D eigenvalue weighted by Gasteiger charge is -2.31. The standard InChI is InChI=1S/C38H36N2O4/c1-2-12-35(38(43)44-27-30-15-8-4-9-16-30)36(37(42)40(28-41)25-29-13-6-3-7-14-29)39-24-23-34(26-39)33-21-19-32(20-22-33)31-17-10-5-11-18-31/h2-11,13-24,26,35-36,41H,1,12,25,27-28H2/t35-,36+/m0/s1. The number of rotatable bonds is 13. The van der Waals surface area contributed by atoms with Crippen LogP contribution in [0.3, 0.4) is 0 Å². The molecule has 5 rings (SSSR count). The number of ether oxygens (including phenoxy) is 1. The van der Waals surface area contributed by atoms with Crippen LogP contribution in [0.1, 0.15) is 23.6 Å². The number of hydrogen-bond donors (Lipinski definition) is 1. The highest BCUT2D eigenvalue weighted by Crippen LogP contribution is 2.31. The van der Waals surface area contributed by atoms with Crippen LogP contribution < -0.4 is 0 Å². The van der Waals surface area contributed by atoms with Gasteiger partial charge in [0.25, 0.3) is 0 Å². The first kappa shape index (κ1) is 30.3. The minimum atomic E-state index is -0.968. The molecule has 6 nitrogen and oxygen atoms in total. The summed E-state index contributed by atoms with van der Waals surface area (Å²) >= 11 is 0. The van der Waals surface area contributed by atoms with Gasteiger partial charge in [-0.3, -0.25) is 9.59 Å². The Hall–Kier alpha value is -5.20. The van der Waals surface area contributed by atoms with Crippen molar-refractivity contribution in [2.45, 2.75) is 25.6 Å². The number of carbonyl (C=O) groups excluding carboxylic acids is 2. The van der Waals surface area contributed by atoms with E-state index in [-0.39, 0.29) is 25.5 Å². The van der Waals surface area contributed by atoms with Gasteiger partial charge >= 0.3 is 5.97 Å². The van der Waals surface area contributed by atoms with E-state index in [2.05, 4.69) is 30.8 Å². The third-order valence-corrected chi connectivity index (χ3v) is 7.64. The highest BCUT2D eigenvalue weighted by molar-refractivity contribution is 5.87. The molecule has 0 spiro atoms. The highest BCUT2D eigenvalue weighted by Gasteiger charge is 2.38. The smallest absolute Gasteiger partial charge is 0.312 e. The summed E-state index contributed by atoms with van der Waals surface area (Å²) in [6.07, 6.45) is 5.52. The van der Waals surface area contributed by atoms with Crippen LogP contribution in [-0.2, 0) is 27.5 Å². The van der Waals surface area contributed by atoms with E-state index in [0.29, 0.717) is 0 Å². The summed E-state index contributed by atoms with van der Waals surface area (Å²) in [4.78, 5) is 29.2. The number of aliphatic hydroxyl groups is 1. The SMILES string of the molecule is C=CC[C@H](C(=O)OCc1ccccc1)[C@H](C(=O)N(CO)Cc1ccccc1)n1ccc(-c2ccc(-c3ccccc3)cc2)c1. The predicted octanol–water partition coefficient (Wildman–Crippen LogP) is 7.28. The summed E-state index contributed by atoms with van der Waals surface area (Å²) in [7, 11) is 0. The van der Waals surface area contributed by atoms with E-state index in [1.165, 1.54) is 4.90 Å². The van der Waals surface area contributed by atoms with Gasteiger partial charge in [0.1, 0.15) is 19.4 Å². The van der Waals surface area contributed by atoms with Crippen molar-refractivity contribution in [1.82, 2.24) is 9.47 Å². The molecule has 6 heteroatoms. The minimum Gasteiger partial charge on any atom is -0.461 e. The number of hydrogen-bond acceptors (Lipinski definition) is 4. The van der Waals surface area contributed by atoms with Gasteiger partial charge in [-0.25, -0.2) is 0 Å². The van der Waals surface area contributed by atoms with Crippen molar-refractivity contribution >= 4 is 11.9 Å². The van der Waals surface area contributed by atoms with Crippen LogP contribution in [0.5, 0.6) is 0 Å². The van der Waals surface area contributed by atoms with Gasteiger partial charge in [0.15, 0.2) is 0 Å². The monoisotopic (exact) mass is 584 g/mol. The van der Waals surface area contributed by atoms with Gasteiger partial charge in [0, 0.05) is 18.9 Å². The minimum absolute atomic E-state index is 0.0899. The molecule has 0 unspecified atom stereocenters. The van der Waals surface area contributed by atoms with Crippen molar-refractivity contribution in [2.24, 2.45) is 5.92 Å². The summed E-state index contributed by atoms with van der Waals surface area (Å²) < 4.78 is 7.50. The fraction of sp³-hybridized carbons (Fsp3) is 0.158. The van der Waals surface area contributed by atoms with Gasteiger partial charge in [-0.15, -0.1) is 6.58 Å². The van der Waals surface area contributed by atoms with E-state index in [9.17, 15) is 14.7 Å². The average molecular weight is 585 g/mol. The van der Waals surface area contributed by atoms with Crippen molar-refractivity contribution in [2.75, 3.05) is 6.73 Å². The second kappa shape index (κ2) is 14.8. The third-order valence-electron chi connectivity index (χ3n) is 7.64. The Labute approximate surface area is 258 Å². The molecule has 1 aromatic heterocycles. The number of benzene rings is 4. The Morgan fingerprint density at radius 3 is 1.89 bits per heavy atom. The quantitative estimate of drug-likeness (QED) is 0.0897. The van der Waals surface area contributed by atoms with E-state index in [1.54, 1.807) is 10.6 Å². The molecule has 44 heavy (non-hydrogen) atoms. The molecule has 0 radical (unpaired) electrons. The maximum Gasteiger partial charge on any atom is 0.312 e. The first-order valence-electron chi connectivity index (χ1n) is 14.7. The summed E-state index contributed by atoms with van der Waals surface area (Å²) in [6.45, 7) is 3.65. The fourth-order valence-corrected chi connectivity index (χ4v) is 5.31. The maximum atomic E-state index is 14.2. The van der Waals surface area contributed by atoms with E-state index in [0.717, 1.165) is 33.4 Å². The molecule has 0 saturated heterocycles. The molecule has 2 atom stereocenters. The van der Waals surface area contributed by atoms with E-state index >= 15 is 0 Å². The molecular formula is C38H36N2O4. The Balaban J connectivity index is 1.46. The molecule has 0 saturated carbocycles. The van der Waals surface area contributed by atoms with Crippen molar-refractivity contribution in [3.8, 4) is 22.3 Å². The van der Waals surface area contributed by atoms with Gasteiger partial charge in [0.2, 0.25) is 5.91 Å². The van der Waals surface area contributed by atoms with Crippen LogP contribution in [0.25, 0.3) is 22.3 Å². The van der Waals surface area contributed by atoms with Crippen LogP contribution in [0.2, 0.25) is 0 Å². The molecule has 222 valence electrons. The van der Waals surface area contributed by atoms with Crippen LogP contribution in [0.15, 0.2) is 146 Å². The Bertz CT molecular complexity index is 1650. The maximum absolute atomic E-state index is 14.2. The molecule has 0 aliphatic rings. The van der Waals surface area contributed by atoms with Crippen LogP contribution in [0.4, 0.5) is 0 Å². The molecule has 1 N–H and O–H groups in total. The topological polar surface area (TPSA) is 71.8 Å². The highest BCUT2D eigenvalue weighted by atomic mass is 16.5. The zero-order valence-corrected chi connectivity index (χ0v) is 24.5. The van der Waals surface area contributed by atoms with E-state index in [4.69, 9.17) is 4.74 Å². The summed E-state index contributed by atoms with van der Waals surface area (Å²) in [6, 6.07) is 38.2. The lowest BCUT2D eigenvalue weighted by molar-refractivity contribution is -0.157. The number of aromatic nitrogens is 1. The number of carbonyl (C=O) groups is 2. The van der Waals surface area contributed by atoms with Crippen molar-refractivity contribution in [1.29, 1.82) is 0 Å². The molecule has 0 aliphatic carbocycles. The molecule has 5 aromatic rings. The molecule has 4 aromatic carbocycles. The Kier molecular flexibility index (Phi) is 10.2. The lowest BCUT2D eigenvalue weighted by Crippen LogP contribution is -2.42. The van der Waals surface area contributed by atoms with Gasteiger partial charge in [-0.1, -0.05) is 121 Å². The second-order valence-corrected chi connectivity index (χ2v) is 10.6. The summed E-state index contributed by atoms with van der Waals surface area (Å²) in [5.74, 6) is -1.76. The van der Waals surface area contributed by atoms with Gasteiger partial charge in [-0.2, -0.15) is 0 Å². The van der Waals surface area contributed by atoms with E-state index < -0.39 is 24.7 Å². The fourth-order valence-electron chi connectivity index (χ4n) is 5.31. The number of amides is 1. The van der Waals surface area contributed by atoms with Gasteiger partial charge < -0.3 is 19.3 Å². The second-order valence-electron chi connectivity index (χ2n) is 10.6. The average Bonchev–Trinajstić information content (AvgIpc) is 3.57.